The lowest BCUT2D eigenvalue weighted by Gasteiger charge is -2.17. The van der Waals surface area contributed by atoms with Crippen LogP contribution in [0.3, 0.4) is 0 Å². The van der Waals surface area contributed by atoms with E-state index in [0.29, 0.717) is 28.3 Å². The van der Waals surface area contributed by atoms with Gasteiger partial charge in [-0.15, -0.1) is 0 Å². The first-order chi connectivity index (χ1) is 15.3. The van der Waals surface area contributed by atoms with Gasteiger partial charge in [-0.25, -0.2) is 4.90 Å². The highest BCUT2D eigenvalue weighted by atomic mass is 16.5. The lowest BCUT2D eigenvalue weighted by atomic mass is 9.99. The Morgan fingerprint density at radius 3 is 2.06 bits per heavy atom. The first-order valence-corrected chi connectivity index (χ1v) is 10.5. The number of amides is 2. The van der Waals surface area contributed by atoms with Crippen molar-refractivity contribution in [1.82, 2.24) is 0 Å². The average molecular weight is 427 g/mol. The van der Waals surface area contributed by atoms with E-state index in [1.165, 1.54) is 4.90 Å². The van der Waals surface area contributed by atoms with Gasteiger partial charge >= 0.3 is 0 Å². The number of hydrogen-bond donors (Lipinski definition) is 1. The van der Waals surface area contributed by atoms with Crippen molar-refractivity contribution in [2.24, 2.45) is 0 Å². The van der Waals surface area contributed by atoms with E-state index in [1.807, 2.05) is 82.3 Å². The third-order valence-electron chi connectivity index (χ3n) is 5.99. The van der Waals surface area contributed by atoms with Gasteiger partial charge in [0, 0.05) is 0 Å². The van der Waals surface area contributed by atoms with Gasteiger partial charge in [-0.3, -0.25) is 9.59 Å². The molecule has 0 saturated heterocycles. The summed E-state index contributed by atoms with van der Waals surface area (Å²) in [7, 11) is 1.57. The Morgan fingerprint density at radius 1 is 0.750 bits per heavy atom. The molecule has 0 radical (unpaired) electrons. The number of rotatable bonds is 5. The van der Waals surface area contributed by atoms with Crippen LogP contribution in [0.1, 0.15) is 27.8 Å². The molecule has 3 aromatic carbocycles. The van der Waals surface area contributed by atoms with Crippen molar-refractivity contribution in [3.05, 3.63) is 94.2 Å². The Balaban J connectivity index is 1.87. The van der Waals surface area contributed by atoms with E-state index in [1.54, 1.807) is 13.2 Å². The number of carbonyl (C=O) groups is 2. The number of methoxy groups -OCH3 is 1. The summed E-state index contributed by atoms with van der Waals surface area (Å²) in [5.74, 6) is -0.152. The predicted octanol–water partition coefficient (Wildman–Crippen LogP) is 5.33. The van der Waals surface area contributed by atoms with Gasteiger partial charge < -0.3 is 10.1 Å². The predicted molar refractivity (Wildman–Crippen MR) is 128 cm³/mol. The van der Waals surface area contributed by atoms with Crippen LogP contribution in [-0.2, 0) is 9.59 Å². The van der Waals surface area contributed by atoms with Gasteiger partial charge in [0.05, 0.1) is 24.1 Å². The first kappa shape index (κ1) is 21.4. The molecular formula is C27H26N2O3. The van der Waals surface area contributed by atoms with Gasteiger partial charge in [0.1, 0.15) is 11.4 Å². The minimum Gasteiger partial charge on any atom is -0.495 e. The van der Waals surface area contributed by atoms with Gasteiger partial charge in [0.15, 0.2) is 0 Å². The van der Waals surface area contributed by atoms with Crippen molar-refractivity contribution >= 4 is 28.8 Å². The van der Waals surface area contributed by atoms with Crippen LogP contribution in [0, 0.1) is 27.7 Å². The SMILES string of the molecule is COc1ccccc1NC1=C(c2ccc(C)c(C)c2)C(=O)N(c2ccc(C)c(C)c2)C1=O. The van der Waals surface area contributed by atoms with Gasteiger partial charge in [0.25, 0.3) is 11.8 Å². The molecule has 0 atom stereocenters. The Morgan fingerprint density at radius 2 is 1.41 bits per heavy atom. The summed E-state index contributed by atoms with van der Waals surface area (Å²) in [4.78, 5) is 28.5. The van der Waals surface area contributed by atoms with Crippen LogP contribution < -0.4 is 15.0 Å². The molecule has 0 aliphatic carbocycles. The summed E-state index contributed by atoms with van der Waals surface area (Å²) in [6.07, 6.45) is 0. The number of imide groups is 1. The second-order valence-electron chi connectivity index (χ2n) is 8.09. The van der Waals surface area contributed by atoms with Crippen LogP contribution in [-0.4, -0.2) is 18.9 Å². The molecule has 4 rings (SSSR count). The number of benzene rings is 3. The third kappa shape index (κ3) is 3.66. The van der Waals surface area contributed by atoms with Crippen molar-refractivity contribution in [1.29, 1.82) is 0 Å². The molecule has 0 saturated carbocycles. The van der Waals surface area contributed by atoms with Crippen molar-refractivity contribution < 1.29 is 14.3 Å². The zero-order valence-corrected chi connectivity index (χ0v) is 18.9. The topological polar surface area (TPSA) is 58.6 Å². The van der Waals surface area contributed by atoms with Gasteiger partial charge in [0.2, 0.25) is 0 Å². The van der Waals surface area contributed by atoms with Crippen LogP contribution >= 0.6 is 0 Å². The smallest absolute Gasteiger partial charge is 0.282 e. The van der Waals surface area contributed by atoms with E-state index in [0.717, 1.165) is 22.3 Å². The molecule has 1 aliphatic heterocycles. The molecule has 2 amide bonds. The normalized spacial score (nSPS) is 13.7. The first-order valence-electron chi connectivity index (χ1n) is 10.5. The molecule has 5 nitrogen and oxygen atoms in total. The second-order valence-corrected chi connectivity index (χ2v) is 8.09. The molecule has 0 bridgehead atoms. The van der Waals surface area contributed by atoms with Crippen LogP contribution in [0.2, 0.25) is 0 Å². The lowest BCUT2D eigenvalue weighted by molar-refractivity contribution is -0.120. The van der Waals surface area contributed by atoms with E-state index in [9.17, 15) is 9.59 Å². The van der Waals surface area contributed by atoms with Crippen LogP contribution in [0.5, 0.6) is 5.75 Å². The van der Waals surface area contributed by atoms with E-state index >= 15 is 0 Å². The molecule has 162 valence electrons. The highest BCUT2D eigenvalue weighted by Crippen LogP contribution is 2.36. The van der Waals surface area contributed by atoms with E-state index in [4.69, 9.17) is 4.74 Å². The van der Waals surface area contributed by atoms with Crippen molar-refractivity contribution in [2.45, 2.75) is 27.7 Å². The molecule has 0 fully saturated rings. The monoisotopic (exact) mass is 426 g/mol. The average Bonchev–Trinajstić information content (AvgIpc) is 3.02. The summed E-state index contributed by atoms with van der Waals surface area (Å²) in [5, 5.41) is 3.19. The van der Waals surface area contributed by atoms with E-state index in [2.05, 4.69) is 5.32 Å². The fourth-order valence-electron chi connectivity index (χ4n) is 3.79. The van der Waals surface area contributed by atoms with Crippen molar-refractivity contribution in [3.8, 4) is 5.75 Å². The zero-order valence-electron chi connectivity index (χ0n) is 18.9. The second kappa shape index (κ2) is 8.35. The minimum absolute atomic E-state index is 0.237. The van der Waals surface area contributed by atoms with Crippen LogP contribution in [0.4, 0.5) is 11.4 Å². The number of nitrogens with zero attached hydrogens (tertiary/aromatic N) is 1. The molecule has 32 heavy (non-hydrogen) atoms. The standard InChI is InChI=1S/C27H26N2O3/c1-16-10-12-20(14-18(16)3)24-25(28-22-8-6-7-9-23(22)32-5)27(31)29(26(24)30)21-13-11-17(2)19(4)15-21/h6-15,28H,1-5H3. The molecule has 0 spiro atoms. The summed E-state index contributed by atoms with van der Waals surface area (Å²) in [6.45, 7) is 7.98. The van der Waals surface area contributed by atoms with E-state index in [-0.39, 0.29) is 11.6 Å². The molecule has 1 aliphatic rings. The summed E-state index contributed by atoms with van der Waals surface area (Å²) in [6, 6.07) is 18.7. The van der Waals surface area contributed by atoms with E-state index < -0.39 is 5.91 Å². The number of hydrogen-bond acceptors (Lipinski definition) is 4. The highest BCUT2D eigenvalue weighted by molar-refractivity contribution is 6.46. The number of aryl methyl sites for hydroxylation is 4. The van der Waals surface area contributed by atoms with Gasteiger partial charge in [-0.05, 0) is 79.8 Å². The van der Waals surface area contributed by atoms with Crippen molar-refractivity contribution in [3.63, 3.8) is 0 Å². The fraction of sp³-hybridized carbons (Fsp3) is 0.185. The molecule has 3 aromatic rings. The van der Waals surface area contributed by atoms with Crippen LogP contribution in [0.25, 0.3) is 5.57 Å². The Labute approximate surface area is 188 Å². The zero-order chi connectivity index (χ0) is 23.0. The lowest BCUT2D eigenvalue weighted by Crippen LogP contribution is -2.32. The van der Waals surface area contributed by atoms with Crippen LogP contribution in [0.15, 0.2) is 66.4 Å². The number of anilines is 2. The molecule has 1 N–H and O–H groups in total. The molecule has 1 heterocycles. The summed E-state index contributed by atoms with van der Waals surface area (Å²) in [5.41, 5.74) is 6.76. The quantitative estimate of drug-likeness (QED) is 0.561. The van der Waals surface area contributed by atoms with Crippen molar-refractivity contribution in [2.75, 3.05) is 17.3 Å². The number of para-hydroxylation sites is 2. The molecule has 0 unspecified atom stereocenters. The Kier molecular flexibility index (Phi) is 5.57. The highest BCUT2D eigenvalue weighted by Gasteiger charge is 2.40. The number of ether oxygens (including phenoxy) is 1. The Bertz CT molecular complexity index is 1270. The summed E-state index contributed by atoms with van der Waals surface area (Å²) < 4.78 is 5.44. The molecular weight excluding hydrogens is 400 g/mol. The van der Waals surface area contributed by atoms with Gasteiger partial charge in [-0.2, -0.15) is 0 Å². The number of nitrogens with one attached hydrogen (secondary N) is 1. The van der Waals surface area contributed by atoms with Gasteiger partial charge in [-0.1, -0.05) is 36.4 Å². The minimum atomic E-state index is -0.391. The Hall–Kier alpha value is -3.86. The maximum atomic E-state index is 13.6. The fourth-order valence-corrected chi connectivity index (χ4v) is 3.79. The maximum absolute atomic E-state index is 13.6. The third-order valence-corrected chi connectivity index (χ3v) is 5.99. The number of carbonyl (C=O) groups excluding carboxylic acids is 2. The largest absolute Gasteiger partial charge is 0.495 e. The molecule has 0 aromatic heterocycles. The maximum Gasteiger partial charge on any atom is 0.282 e. The summed E-state index contributed by atoms with van der Waals surface area (Å²) >= 11 is 0. The molecule has 5 heteroatoms.